The van der Waals surface area contributed by atoms with Crippen LogP contribution in [-0.2, 0) is 12.3 Å². The number of rotatable bonds is 5. The van der Waals surface area contributed by atoms with E-state index < -0.39 is 0 Å². The summed E-state index contributed by atoms with van der Waals surface area (Å²) in [6.07, 6.45) is 0. The third-order valence-electron chi connectivity index (χ3n) is 4.13. The van der Waals surface area contributed by atoms with E-state index in [-0.39, 0.29) is 11.4 Å². The molecular weight excluding hydrogens is 403 g/mol. The predicted octanol–water partition coefficient (Wildman–Crippen LogP) is 5.59. The van der Waals surface area contributed by atoms with Crippen LogP contribution >= 0.6 is 34.7 Å². The molecule has 0 radical (unpaired) electrons. The van der Waals surface area contributed by atoms with Gasteiger partial charge in [0.15, 0.2) is 5.16 Å². The van der Waals surface area contributed by atoms with Crippen LogP contribution in [0.25, 0.3) is 10.9 Å². The van der Waals surface area contributed by atoms with Crippen molar-refractivity contribution in [1.82, 2.24) is 9.55 Å². The molecule has 7 heteroatoms. The summed E-state index contributed by atoms with van der Waals surface area (Å²) in [5.74, 6) is -0.0660. The number of aromatic nitrogens is 2. The molecule has 0 spiro atoms. The third-order valence-corrected chi connectivity index (χ3v) is 6.35. The molecule has 0 unspecified atom stereocenters. The highest BCUT2D eigenvalue weighted by Crippen LogP contribution is 2.28. The van der Waals surface area contributed by atoms with Crippen molar-refractivity contribution in [3.05, 3.63) is 91.6 Å². The molecule has 0 bridgehead atoms. The van der Waals surface area contributed by atoms with E-state index in [1.165, 1.54) is 17.8 Å². The SMILES string of the molecule is O=c1c2ccccc2nc(SCc2c(F)cccc2Cl)n1Cc1cccs1. The molecular formula is C20H14ClFN2OS2. The quantitative estimate of drug-likeness (QED) is 0.314. The van der Waals surface area contributed by atoms with Gasteiger partial charge >= 0.3 is 0 Å². The number of hydrogen-bond donors (Lipinski definition) is 0. The first-order chi connectivity index (χ1) is 13.1. The zero-order chi connectivity index (χ0) is 18.8. The molecule has 0 fully saturated rings. The van der Waals surface area contributed by atoms with Crippen LogP contribution in [0, 0.1) is 5.82 Å². The maximum Gasteiger partial charge on any atom is 0.262 e. The molecule has 0 saturated heterocycles. The Morgan fingerprint density at radius 1 is 1.11 bits per heavy atom. The lowest BCUT2D eigenvalue weighted by atomic mass is 10.2. The predicted molar refractivity (Wildman–Crippen MR) is 110 cm³/mol. The number of thioether (sulfide) groups is 1. The molecule has 0 atom stereocenters. The van der Waals surface area contributed by atoms with Gasteiger partial charge in [0, 0.05) is 21.2 Å². The minimum atomic E-state index is -0.358. The Kier molecular flexibility index (Phi) is 5.29. The molecule has 0 aliphatic rings. The maximum atomic E-state index is 14.1. The first-order valence-corrected chi connectivity index (χ1v) is 10.5. The van der Waals surface area contributed by atoms with Gasteiger partial charge in [0.25, 0.3) is 5.56 Å². The minimum absolute atomic E-state index is 0.101. The molecule has 3 nitrogen and oxygen atoms in total. The Labute approximate surface area is 168 Å². The van der Waals surface area contributed by atoms with E-state index in [9.17, 15) is 9.18 Å². The van der Waals surface area contributed by atoms with Crippen LogP contribution in [0.2, 0.25) is 5.02 Å². The van der Waals surface area contributed by atoms with Crippen molar-refractivity contribution in [2.45, 2.75) is 17.5 Å². The fourth-order valence-corrected chi connectivity index (χ4v) is 4.80. The van der Waals surface area contributed by atoms with Gasteiger partial charge in [-0.05, 0) is 35.7 Å². The fraction of sp³-hybridized carbons (Fsp3) is 0.100. The van der Waals surface area contributed by atoms with E-state index >= 15 is 0 Å². The van der Waals surface area contributed by atoms with Crippen molar-refractivity contribution in [3.63, 3.8) is 0 Å². The summed E-state index contributed by atoms with van der Waals surface area (Å²) in [5.41, 5.74) is 0.942. The van der Waals surface area contributed by atoms with Crippen molar-refractivity contribution in [3.8, 4) is 0 Å². The Morgan fingerprint density at radius 2 is 1.96 bits per heavy atom. The van der Waals surface area contributed by atoms with Gasteiger partial charge in [-0.15, -0.1) is 11.3 Å². The molecule has 27 heavy (non-hydrogen) atoms. The van der Waals surface area contributed by atoms with Crippen LogP contribution in [-0.4, -0.2) is 9.55 Å². The van der Waals surface area contributed by atoms with E-state index in [0.29, 0.717) is 38.9 Å². The summed E-state index contributed by atoms with van der Waals surface area (Å²) in [5, 5.41) is 3.46. The molecule has 2 aromatic carbocycles. The highest BCUT2D eigenvalue weighted by Gasteiger charge is 2.14. The van der Waals surface area contributed by atoms with Crippen LogP contribution < -0.4 is 5.56 Å². The normalized spacial score (nSPS) is 11.2. The summed E-state index contributed by atoms with van der Waals surface area (Å²) in [6, 6.07) is 15.8. The summed E-state index contributed by atoms with van der Waals surface area (Å²) >= 11 is 9.03. The van der Waals surface area contributed by atoms with Gasteiger partial charge in [-0.2, -0.15) is 0 Å². The van der Waals surface area contributed by atoms with E-state index in [1.807, 2.05) is 35.7 Å². The van der Waals surface area contributed by atoms with Gasteiger partial charge in [-0.25, -0.2) is 9.37 Å². The number of fused-ring (bicyclic) bond motifs is 1. The van der Waals surface area contributed by atoms with Crippen molar-refractivity contribution in [1.29, 1.82) is 0 Å². The topological polar surface area (TPSA) is 34.9 Å². The average molecular weight is 417 g/mol. The van der Waals surface area contributed by atoms with Crippen LogP contribution in [0.3, 0.4) is 0 Å². The van der Waals surface area contributed by atoms with Crippen LogP contribution in [0.5, 0.6) is 0 Å². The first kappa shape index (κ1) is 18.2. The largest absolute Gasteiger partial charge is 0.282 e. The lowest BCUT2D eigenvalue weighted by molar-refractivity contribution is 0.617. The van der Waals surface area contributed by atoms with Crippen molar-refractivity contribution >= 4 is 45.6 Å². The number of nitrogens with zero attached hydrogens (tertiary/aromatic N) is 2. The van der Waals surface area contributed by atoms with Crippen molar-refractivity contribution in [2.75, 3.05) is 0 Å². The van der Waals surface area contributed by atoms with Crippen LogP contribution in [0.1, 0.15) is 10.4 Å². The van der Waals surface area contributed by atoms with Gasteiger partial charge in [0.05, 0.1) is 17.4 Å². The molecule has 0 amide bonds. The Morgan fingerprint density at radius 3 is 2.74 bits per heavy atom. The van der Waals surface area contributed by atoms with Gasteiger partial charge < -0.3 is 0 Å². The lowest BCUT2D eigenvalue weighted by Crippen LogP contribution is -2.23. The van der Waals surface area contributed by atoms with E-state index in [4.69, 9.17) is 11.6 Å². The number of thiophene rings is 1. The first-order valence-electron chi connectivity index (χ1n) is 8.21. The number of benzene rings is 2. The molecule has 0 aliphatic heterocycles. The van der Waals surface area contributed by atoms with Gasteiger partial charge in [0.2, 0.25) is 0 Å². The zero-order valence-corrected chi connectivity index (χ0v) is 16.5. The second kappa shape index (κ2) is 7.84. The van der Waals surface area contributed by atoms with E-state index in [0.717, 1.165) is 4.88 Å². The molecule has 0 aliphatic carbocycles. The molecule has 2 aromatic heterocycles. The Balaban J connectivity index is 1.77. The maximum absolute atomic E-state index is 14.1. The minimum Gasteiger partial charge on any atom is -0.282 e. The van der Waals surface area contributed by atoms with Crippen LogP contribution in [0.15, 0.2) is 69.9 Å². The second-order valence-electron chi connectivity index (χ2n) is 5.87. The highest BCUT2D eigenvalue weighted by atomic mass is 35.5. The van der Waals surface area contributed by atoms with E-state index in [2.05, 4.69) is 4.98 Å². The highest BCUT2D eigenvalue weighted by molar-refractivity contribution is 7.98. The summed E-state index contributed by atoms with van der Waals surface area (Å²) < 4.78 is 15.8. The van der Waals surface area contributed by atoms with Crippen molar-refractivity contribution < 1.29 is 4.39 Å². The van der Waals surface area contributed by atoms with Gasteiger partial charge in [-0.3, -0.25) is 9.36 Å². The standard InChI is InChI=1S/C20H14ClFN2OS2/c21-16-7-3-8-17(22)15(16)12-27-20-23-18-9-2-1-6-14(18)19(25)24(20)11-13-5-4-10-26-13/h1-10H,11-12H2. The zero-order valence-electron chi connectivity index (χ0n) is 14.1. The number of hydrogen-bond acceptors (Lipinski definition) is 4. The number of para-hydroxylation sites is 1. The smallest absolute Gasteiger partial charge is 0.262 e. The Hall–Kier alpha value is -2.15. The van der Waals surface area contributed by atoms with Crippen molar-refractivity contribution in [2.24, 2.45) is 0 Å². The monoisotopic (exact) mass is 416 g/mol. The molecule has 4 rings (SSSR count). The molecule has 0 saturated carbocycles. The lowest BCUT2D eigenvalue weighted by Gasteiger charge is -2.13. The third kappa shape index (κ3) is 3.78. The summed E-state index contributed by atoms with van der Waals surface area (Å²) in [4.78, 5) is 18.7. The number of halogens is 2. The molecule has 0 N–H and O–H groups in total. The second-order valence-corrected chi connectivity index (χ2v) is 8.25. The summed E-state index contributed by atoms with van der Waals surface area (Å²) in [6.45, 7) is 0.432. The molecule has 2 heterocycles. The molecule has 4 aromatic rings. The summed E-state index contributed by atoms with van der Waals surface area (Å²) in [7, 11) is 0. The molecule has 136 valence electrons. The Bertz CT molecular complexity index is 1140. The van der Waals surface area contributed by atoms with E-state index in [1.54, 1.807) is 34.1 Å². The fourth-order valence-electron chi connectivity index (χ4n) is 2.76. The van der Waals surface area contributed by atoms with Gasteiger partial charge in [-0.1, -0.05) is 47.6 Å². The average Bonchev–Trinajstić information content (AvgIpc) is 3.17. The van der Waals surface area contributed by atoms with Gasteiger partial charge in [0.1, 0.15) is 5.82 Å². The van der Waals surface area contributed by atoms with Crippen LogP contribution in [0.4, 0.5) is 4.39 Å².